The van der Waals surface area contributed by atoms with Gasteiger partial charge in [-0.05, 0) is 32.9 Å². The predicted octanol–water partition coefficient (Wildman–Crippen LogP) is 3.92. The number of nitro benzene ring substituents is 1. The number of nitrogens with one attached hydrogen (secondary N) is 1. The van der Waals surface area contributed by atoms with E-state index in [4.69, 9.17) is 9.47 Å². The molecular formula is C17H20N2O5. The predicted molar refractivity (Wildman–Crippen MR) is 91.7 cm³/mol. The van der Waals surface area contributed by atoms with E-state index in [1.165, 1.54) is 12.1 Å². The van der Waals surface area contributed by atoms with Gasteiger partial charge in [0, 0.05) is 23.9 Å². The molecule has 0 spiro atoms. The number of benzene rings is 1. The van der Waals surface area contributed by atoms with Crippen LogP contribution in [0, 0.1) is 10.1 Å². The summed E-state index contributed by atoms with van der Waals surface area (Å²) in [7, 11) is 0. The summed E-state index contributed by atoms with van der Waals surface area (Å²) >= 11 is 0. The number of hydrogen-bond donors (Lipinski definition) is 1. The maximum Gasteiger partial charge on any atom is 0.294 e. The molecule has 1 aromatic heterocycles. The largest absolute Gasteiger partial charge is 0.482 e. The summed E-state index contributed by atoms with van der Waals surface area (Å²) < 4.78 is 11.5. The van der Waals surface area contributed by atoms with Crippen molar-refractivity contribution >= 4 is 16.6 Å². The van der Waals surface area contributed by atoms with Crippen molar-refractivity contribution in [2.24, 2.45) is 0 Å². The topological polar surface area (TPSA) is 94.5 Å². The number of allylic oxidation sites excluding steroid dienone is 2. The summed E-state index contributed by atoms with van der Waals surface area (Å²) in [6.45, 7) is 7.37. The number of non-ortho nitro benzene ring substituents is 1. The van der Waals surface area contributed by atoms with E-state index in [0.717, 1.165) is 0 Å². The van der Waals surface area contributed by atoms with Crippen LogP contribution in [-0.4, -0.2) is 16.0 Å². The Balaban J connectivity index is 2.74. The molecule has 24 heavy (non-hydrogen) atoms. The van der Waals surface area contributed by atoms with Crippen molar-refractivity contribution in [3.8, 4) is 11.5 Å². The maximum absolute atomic E-state index is 12.4. The average Bonchev–Trinajstić information content (AvgIpc) is 2.53. The lowest BCUT2D eigenvalue weighted by Crippen LogP contribution is -2.17. The molecule has 2 aromatic rings. The van der Waals surface area contributed by atoms with E-state index in [1.54, 1.807) is 26.0 Å². The van der Waals surface area contributed by atoms with E-state index >= 15 is 0 Å². The number of hydrogen-bond acceptors (Lipinski definition) is 5. The highest BCUT2D eigenvalue weighted by molar-refractivity contribution is 5.89. The molecule has 0 aliphatic carbocycles. The molecule has 0 bridgehead atoms. The fourth-order valence-corrected chi connectivity index (χ4v) is 2.26. The molecule has 2 rings (SSSR count). The highest BCUT2D eigenvalue weighted by Crippen LogP contribution is 2.35. The highest BCUT2D eigenvalue weighted by atomic mass is 16.6. The smallest absolute Gasteiger partial charge is 0.294 e. The Bertz CT molecular complexity index is 852. The minimum atomic E-state index is -0.514. The van der Waals surface area contributed by atoms with E-state index < -0.39 is 10.5 Å². The van der Waals surface area contributed by atoms with Crippen molar-refractivity contribution in [3.05, 3.63) is 50.5 Å². The van der Waals surface area contributed by atoms with Crippen LogP contribution in [0.2, 0.25) is 0 Å². The van der Waals surface area contributed by atoms with Crippen LogP contribution in [0.4, 0.5) is 5.69 Å². The molecular weight excluding hydrogens is 312 g/mol. The Labute approximate surface area is 139 Å². The third kappa shape index (κ3) is 3.56. The second kappa shape index (κ2) is 7.16. The van der Waals surface area contributed by atoms with Crippen molar-refractivity contribution in [2.45, 2.75) is 40.2 Å². The molecule has 0 saturated heterocycles. The first-order chi connectivity index (χ1) is 11.4. The van der Waals surface area contributed by atoms with Gasteiger partial charge in [0.2, 0.25) is 5.75 Å². The van der Waals surface area contributed by atoms with Crippen LogP contribution in [0.15, 0.2) is 34.8 Å². The Morgan fingerprint density at radius 2 is 2.08 bits per heavy atom. The first-order valence-corrected chi connectivity index (χ1v) is 7.71. The lowest BCUT2D eigenvalue weighted by atomic mass is 10.1. The van der Waals surface area contributed by atoms with E-state index in [-0.39, 0.29) is 23.3 Å². The summed E-state index contributed by atoms with van der Waals surface area (Å²) in [5.41, 5.74) is -0.270. The van der Waals surface area contributed by atoms with E-state index in [1.807, 2.05) is 13.8 Å². The van der Waals surface area contributed by atoms with Crippen molar-refractivity contribution in [1.82, 2.24) is 4.98 Å². The Kier molecular flexibility index (Phi) is 5.23. The van der Waals surface area contributed by atoms with Crippen LogP contribution < -0.4 is 15.0 Å². The van der Waals surface area contributed by atoms with Crippen LogP contribution in [0.25, 0.3) is 10.9 Å². The lowest BCUT2D eigenvalue weighted by molar-refractivity contribution is -0.384. The van der Waals surface area contributed by atoms with Crippen molar-refractivity contribution in [2.75, 3.05) is 0 Å². The van der Waals surface area contributed by atoms with Crippen molar-refractivity contribution < 1.29 is 14.4 Å². The standard InChI is InChI=1S/C17H20N2O5/c1-5-12(6-2)24-15-13-8-7-11(19(21)22)9-14(13)18-17(20)16(15)23-10(3)4/h5,7-10H,6H2,1-4H3,(H,18,20). The Hall–Kier alpha value is -2.83. The molecule has 1 aromatic carbocycles. The van der Waals surface area contributed by atoms with E-state index in [0.29, 0.717) is 23.1 Å². The van der Waals surface area contributed by atoms with Crippen LogP contribution in [0.1, 0.15) is 34.1 Å². The molecule has 7 heteroatoms. The van der Waals surface area contributed by atoms with Gasteiger partial charge < -0.3 is 14.5 Å². The van der Waals surface area contributed by atoms with Gasteiger partial charge in [0.05, 0.1) is 22.3 Å². The SMILES string of the molecule is CC=C(CC)Oc1c(OC(C)C)c(=O)[nH]c2cc([N+](=O)[O-])ccc12. The number of aromatic amines is 1. The van der Waals surface area contributed by atoms with Gasteiger partial charge >= 0.3 is 0 Å². The molecule has 0 fully saturated rings. The van der Waals surface area contributed by atoms with Gasteiger partial charge in [0.25, 0.3) is 11.2 Å². The second-order valence-corrected chi connectivity index (χ2v) is 5.48. The number of aromatic nitrogens is 1. The quantitative estimate of drug-likeness (QED) is 0.491. The minimum Gasteiger partial charge on any atom is -0.482 e. The third-order valence-electron chi connectivity index (χ3n) is 3.38. The molecule has 0 saturated carbocycles. The van der Waals surface area contributed by atoms with E-state index in [9.17, 15) is 14.9 Å². The molecule has 0 aliphatic rings. The van der Waals surface area contributed by atoms with Crippen LogP contribution in [0.3, 0.4) is 0 Å². The van der Waals surface area contributed by atoms with Gasteiger partial charge in [-0.1, -0.05) is 6.92 Å². The molecule has 0 aliphatic heterocycles. The molecule has 0 unspecified atom stereocenters. The third-order valence-corrected chi connectivity index (χ3v) is 3.38. The number of H-pyrrole nitrogens is 1. The zero-order valence-corrected chi connectivity index (χ0v) is 14.1. The number of nitro groups is 1. The van der Waals surface area contributed by atoms with Gasteiger partial charge in [-0.15, -0.1) is 0 Å². The molecule has 1 N–H and O–H groups in total. The number of rotatable bonds is 6. The van der Waals surface area contributed by atoms with Gasteiger partial charge in [0.15, 0.2) is 5.75 Å². The van der Waals surface area contributed by atoms with Gasteiger partial charge in [0.1, 0.15) is 0 Å². The van der Waals surface area contributed by atoms with Gasteiger partial charge in [-0.2, -0.15) is 0 Å². The summed E-state index contributed by atoms with van der Waals surface area (Å²) in [4.78, 5) is 25.4. The Morgan fingerprint density at radius 3 is 2.62 bits per heavy atom. The van der Waals surface area contributed by atoms with E-state index in [2.05, 4.69) is 4.98 Å². The molecule has 0 amide bonds. The van der Waals surface area contributed by atoms with Crippen LogP contribution in [-0.2, 0) is 0 Å². The molecule has 7 nitrogen and oxygen atoms in total. The normalized spacial score (nSPS) is 11.8. The molecule has 0 radical (unpaired) electrons. The first-order valence-electron chi connectivity index (χ1n) is 7.71. The van der Waals surface area contributed by atoms with Crippen LogP contribution in [0.5, 0.6) is 11.5 Å². The lowest BCUT2D eigenvalue weighted by Gasteiger charge is -2.17. The fraction of sp³-hybridized carbons (Fsp3) is 0.353. The monoisotopic (exact) mass is 332 g/mol. The molecule has 0 atom stereocenters. The first kappa shape index (κ1) is 17.5. The number of pyridine rings is 1. The van der Waals surface area contributed by atoms with Crippen LogP contribution >= 0.6 is 0 Å². The number of nitrogens with zero attached hydrogens (tertiary/aromatic N) is 1. The average molecular weight is 332 g/mol. The van der Waals surface area contributed by atoms with Gasteiger partial charge in [-0.3, -0.25) is 14.9 Å². The summed E-state index contributed by atoms with van der Waals surface area (Å²) in [6.07, 6.45) is 2.22. The van der Waals surface area contributed by atoms with Crippen molar-refractivity contribution in [1.29, 1.82) is 0 Å². The van der Waals surface area contributed by atoms with Gasteiger partial charge in [-0.25, -0.2) is 0 Å². The summed E-state index contributed by atoms with van der Waals surface area (Å²) in [5.74, 6) is 1.01. The zero-order chi connectivity index (χ0) is 17.9. The maximum atomic E-state index is 12.4. The second-order valence-electron chi connectivity index (χ2n) is 5.48. The summed E-state index contributed by atoms with van der Waals surface area (Å²) in [6, 6.07) is 4.23. The number of ether oxygens (including phenoxy) is 2. The summed E-state index contributed by atoms with van der Waals surface area (Å²) in [5, 5.41) is 11.5. The fourth-order valence-electron chi connectivity index (χ4n) is 2.26. The molecule has 128 valence electrons. The molecule has 1 heterocycles. The minimum absolute atomic E-state index is 0.0687. The highest BCUT2D eigenvalue weighted by Gasteiger charge is 2.19. The van der Waals surface area contributed by atoms with Crippen molar-refractivity contribution in [3.63, 3.8) is 0 Å². The number of fused-ring (bicyclic) bond motifs is 1. The zero-order valence-electron chi connectivity index (χ0n) is 14.1. The Morgan fingerprint density at radius 1 is 1.38 bits per heavy atom.